The molecule has 3 rings (SSSR count). The van der Waals surface area contributed by atoms with Gasteiger partial charge < -0.3 is 15.0 Å². The first-order chi connectivity index (χ1) is 13.7. The van der Waals surface area contributed by atoms with Crippen molar-refractivity contribution < 1.29 is 22.7 Å². The first-order valence-corrected chi connectivity index (χ1v) is 9.72. The Morgan fingerprint density at radius 1 is 1.07 bits per heavy atom. The minimum Gasteiger partial charge on any atom is -0.406 e. The van der Waals surface area contributed by atoms with E-state index in [1.54, 1.807) is 30.3 Å². The molecule has 1 saturated heterocycles. The van der Waals surface area contributed by atoms with E-state index >= 15 is 0 Å². The Morgan fingerprint density at radius 2 is 1.72 bits per heavy atom. The molecule has 29 heavy (non-hydrogen) atoms. The number of amides is 1. The van der Waals surface area contributed by atoms with Crippen molar-refractivity contribution >= 4 is 5.91 Å². The number of halogens is 3. The van der Waals surface area contributed by atoms with E-state index in [1.165, 1.54) is 12.1 Å². The van der Waals surface area contributed by atoms with E-state index in [1.807, 2.05) is 6.07 Å². The quantitative estimate of drug-likeness (QED) is 0.772. The maximum atomic E-state index is 12.7. The molecule has 1 aliphatic heterocycles. The van der Waals surface area contributed by atoms with Gasteiger partial charge in [-0.15, -0.1) is 13.2 Å². The second kappa shape index (κ2) is 8.86. The molecule has 1 aliphatic rings. The summed E-state index contributed by atoms with van der Waals surface area (Å²) in [6.45, 7) is 6.28. The van der Waals surface area contributed by atoms with Gasteiger partial charge in [0.25, 0.3) is 5.91 Å². The molecular weight excluding hydrogens is 381 g/mol. The second-order valence-electron chi connectivity index (χ2n) is 7.53. The van der Waals surface area contributed by atoms with Gasteiger partial charge >= 0.3 is 6.36 Å². The van der Waals surface area contributed by atoms with Crippen LogP contribution >= 0.6 is 0 Å². The third-order valence-electron chi connectivity index (χ3n) is 5.14. The molecule has 0 aliphatic carbocycles. The third-order valence-corrected chi connectivity index (χ3v) is 5.14. The highest BCUT2D eigenvalue weighted by Crippen LogP contribution is 2.27. The van der Waals surface area contributed by atoms with Crippen LogP contribution in [0.5, 0.6) is 5.75 Å². The van der Waals surface area contributed by atoms with Crippen molar-refractivity contribution in [3.8, 4) is 16.9 Å². The lowest BCUT2D eigenvalue weighted by Gasteiger charge is -2.34. The maximum absolute atomic E-state index is 12.7. The predicted octanol–water partition coefficient (Wildman–Crippen LogP) is 4.85. The van der Waals surface area contributed by atoms with Gasteiger partial charge in [-0.2, -0.15) is 0 Å². The Kier molecular flexibility index (Phi) is 6.47. The SMILES string of the molecule is CC(C)N1CCC(NC(=O)c2cccc(-c3ccc(OC(F)(F)F)cc3)c2)CC1. The molecule has 2 aromatic rings. The number of hydrogen-bond donors (Lipinski definition) is 1. The minimum absolute atomic E-state index is 0.133. The van der Waals surface area contributed by atoms with E-state index in [2.05, 4.69) is 28.8 Å². The maximum Gasteiger partial charge on any atom is 0.573 e. The van der Waals surface area contributed by atoms with E-state index in [9.17, 15) is 18.0 Å². The van der Waals surface area contributed by atoms with Gasteiger partial charge in [0, 0.05) is 30.7 Å². The topological polar surface area (TPSA) is 41.6 Å². The van der Waals surface area contributed by atoms with Crippen molar-refractivity contribution in [3.05, 3.63) is 54.1 Å². The molecule has 1 amide bonds. The smallest absolute Gasteiger partial charge is 0.406 e. The third kappa shape index (κ3) is 5.97. The van der Waals surface area contributed by atoms with Crippen LogP contribution in [0.2, 0.25) is 0 Å². The summed E-state index contributed by atoms with van der Waals surface area (Å²) in [5.74, 6) is -0.408. The number of nitrogens with zero attached hydrogens (tertiary/aromatic N) is 1. The van der Waals surface area contributed by atoms with Crippen molar-refractivity contribution in [1.29, 1.82) is 0 Å². The summed E-state index contributed by atoms with van der Waals surface area (Å²) in [7, 11) is 0. The number of piperidine rings is 1. The summed E-state index contributed by atoms with van der Waals surface area (Å²) in [4.78, 5) is 15.1. The zero-order valence-corrected chi connectivity index (χ0v) is 16.5. The zero-order chi connectivity index (χ0) is 21.0. The normalized spacial score (nSPS) is 16.1. The number of benzene rings is 2. The Hall–Kier alpha value is -2.54. The first-order valence-electron chi connectivity index (χ1n) is 9.72. The Balaban J connectivity index is 1.64. The Labute approximate surface area is 168 Å². The Morgan fingerprint density at radius 3 is 2.31 bits per heavy atom. The van der Waals surface area contributed by atoms with Crippen LogP contribution in [0, 0.1) is 0 Å². The van der Waals surface area contributed by atoms with E-state index in [-0.39, 0.29) is 17.7 Å². The summed E-state index contributed by atoms with van der Waals surface area (Å²) in [5.41, 5.74) is 2.00. The van der Waals surface area contributed by atoms with E-state index in [0.29, 0.717) is 17.2 Å². The molecule has 0 bridgehead atoms. The number of rotatable bonds is 5. The lowest BCUT2D eigenvalue weighted by Crippen LogP contribution is -2.46. The van der Waals surface area contributed by atoms with E-state index in [0.717, 1.165) is 31.5 Å². The van der Waals surface area contributed by atoms with Gasteiger partial charge in [-0.05, 0) is 62.1 Å². The van der Waals surface area contributed by atoms with E-state index < -0.39 is 6.36 Å². The number of ether oxygens (including phenoxy) is 1. The standard InChI is InChI=1S/C22H25F3N2O2/c1-15(2)27-12-10-19(11-13-27)26-21(28)18-5-3-4-17(14-18)16-6-8-20(9-7-16)29-22(23,24)25/h3-9,14-15,19H,10-13H2,1-2H3,(H,26,28). The molecule has 1 fully saturated rings. The largest absolute Gasteiger partial charge is 0.573 e. The molecule has 4 nitrogen and oxygen atoms in total. The number of alkyl halides is 3. The van der Waals surface area contributed by atoms with Gasteiger partial charge in [0.05, 0.1) is 0 Å². The number of hydrogen-bond acceptors (Lipinski definition) is 3. The number of likely N-dealkylation sites (tertiary alicyclic amines) is 1. The van der Waals surface area contributed by atoms with Gasteiger partial charge in [-0.25, -0.2) is 0 Å². The van der Waals surface area contributed by atoms with Crippen LogP contribution in [0.25, 0.3) is 11.1 Å². The molecule has 1 heterocycles. The molecule has 0 saturated carbocycles. The van der Waals surface area contributed by atoms with Gasteiger partial charge in [0.2, 0.25) is 0 Å². The average Bonchev–Trinajstić information content (AvgIpc) is 2.68. The summed E-state index contributed by atoms with van der Waals surface area (Å²) in [5, 5.41) is 3.10. The number of nitrogens with one attached hydrogen (secondary N) is 1. The highest BCUT2D eigenvalue weighted by Gasteiger charge is 2.31. The van der Waals surface area contributed by atoms with Crippen LogP contribution in [0.15, 0.2) is 48.5 Å². The van der Waals surface area contributed by atoms with Gasteiger partial charge in [0.1, 0.15) is 5.75 Å². The number of carbonyl (C=O) groups excluding carboxylic acids is 1. The summed E-state index contributed by atoms with van der Waals surface area (Å²) < 4.78 is 40.8. The minimum atomic E-state index is -4.72. The number of carbonyl (C=O) groups is 1. The molecule has 0 aromatic heterocycles. The fourth-order valence-electron chi connectivity index (χ4n) is 3.52. The predicted molar refractivity (Wildman–Crippen MR) is 106 cm³/mol. The molecule has 0 atom stereocenters. The fraction of sp³-hybridized carbons (Fsp3) is 0.409. The van der Waals surface area contributed by atoms with Crippen LogP contribution in [-0.2, 0) is 0 Å². The van der Waals surface area contributed by atoms with Crippen molar-refractivity contribution in [2.24, 2.45) is 0 Å². The van der Waals surface area contributed by atoms with Crippen LogP contribution in [0.1, 0.15) is 37.0 Å². The van der Waals surface area contributed by atoms with Crippen LogP contribution in [0.4, 0.5) is 13.2 Å². The van der Waals surface area contributed by atoms with Gasteiger partial charge in [0.15, 0.2) is 0 Å². The summed E-state index contributed by atoms with van der Waals surface area (Å²) in [6, 6.07) is 13.3. The van der Waals surface area contributed by atoms with Crippen molar-refractivity contribution in [1.82, 2.24) is 10.2 Å². The molecule has 1 N–H and O–H groups in total. The zero-order valence-electron chi connectivity index (χ0n) is 16.5. The summed E-state index contributed by atoms with van der Waals surface area (Å²) >= 11 is 0. The van der Waals surface area contributed by atoms with Crippen molar-refractivity contribution in [2.75, 3.05) is 13.1 Å². The van der Waals surface area contributed by atoms with Crippen molar-refractivity contribution in [3.63, 3.8) is 0 Å². The molecule has 156 valence electrons. The Bertz CT molecular complexity index is 827. The molecule has 0 unspecified atom stereocenters. The first kappa shape index (κ1) is 21.2. The lowest BCUT2D eigenvalue weighted by molar-refractivity contribution is -0.274. The van der Waals surface area contributed by atoms with Crippen LogP contribution in [0.3, 0.4) is 0 Å². The van der Waals surface area contributed by atoms with E-state index in [4.69, 9.17) is 0 Å². The van der Waals surface area contributed by atoms with Gasteiger partial charge in [-0.1, -0.05) is 24.3 Å². The fourth-order valence-corrected chi connectivity index (χ4v) is 3.52. The molecule has 7 heteroatoms. The van der Waals surface area contributed by atoms with Crippen LogP contribution in [-0.4, -0.2) is 42.3 Å². The highest BCUT2D eigenvalue weighted by molar-refractivity contribution is 5.95. The second-order valence-corrected chi connectivity index (χ2v) is 7.53. The van der Waals surface area contributed by atoms with Gasteiger partial charge in [-0.3, -0.25) is 4.79 Å². The average molecular weight is 406 g/mol. The van der Waals surface area contributed by atoms with Crippen molar-refractivity contribution in [2.45, 2.75) is 45.1 Å². The molecular formula is C22H25F3N2O2. The summed E-state index contributed by atoms with van der Waals surface area (Å²) in [6.07, 6.45) is -2.88. The lowest BCUT2D eigenvalue weighted by atomic mass is 10.0. The molecule has 2 aromatic carbocycles. The molecule has 0 spiro atoms. The van der Waals surface area contributed by atoms with Crippen LogP contribution < -0.4 is 10.1 Å². The monoisotopic (exact) mass is 406 g/mol. The highest BCUT2D eigenvalue weighted by atomic mass is 19.4. The molecule has 0 radical (unpaired) electrons.